The molecule has 4 amide bonds. The first-order chi connectivity index (χ1) is 12.0. The predicted molar refractivity (Wildman–Crippen MR) is 94.1 cm³/mol. The van der Waals surface area contributed by atoms with Gasteiger partial charge >= 0.3 is 6.03 Å². The van der Waals surface area contributed by atoms with Gasteiger partial charge in [-0.1, -0.05) is 38.1 Å². The molecule has 0 unspecified atom stereocenters. The Kier molecular flexibility index (Phi) is 5.06. The van der Waals surface area contributed by atoms with Gasteiger partial charge in [0.25, 0.3) is 5.91 Å². The molecule has 134 valence electrons. The van der Waals surface area contributed by atoms with Crippen LogP contribution in [-0.2, 0) is 16.0 Å². The lowest BCUT2D eigenvalue weighted by molar-refractivity contribution is -0.130. The van der Waals surface area contributed by atoms with Crippen LogP contribution in [0.15, 0.2) is 24.3 Å². The van der Waals surface area contributed by atoms with Crippen molar-refractivity contribution < 1.29 is 14.4 Å². The van der Waals surface area contributed by atoms with E-state index in [4.69, 9.17) is 0 Å². The molecule has 1 heterocycles. The van der Waals surface area contributed by atoms with Crippen LogP contribution in [0, 0.1) is 0 Å². The zero-order valence-electron chi connectivity index (χ0n) is 14.8. The number of hydrogen-bond acceptors (Lipinski definition) is 3. The minimum atomic E-state index is -0.327. The number of benzene rings is 1. The Bertz CT molecular complexity index is 665. The third-order valence-corrected chi connectivity index (χ3v) is 4.75. The third-order valence-electron chi connectivity index (χ3n) is 4.75. The summed E-state index contributed by atoms with van der Waals surface area (Å²) in [5, 5.41) is 2.79. The summed E-state index contributed by atoms with van der Waals surface area (Å²) >= 11 is 0. The summed E-state index contributed by atoms with van der Waals surface area (Å²) in [6.07, 6.45) is 2.63. The second-order valence-electron chi connectivity index (χ2n) is 7.12. The van der Waals surface area contributed by atoms with Crippen molar-refractivity contribution in [2.45, 2.75) is 45.1 Å². The molecule has 3 rings (SSSR count). The Morgan fingerprint density at radius 2 is 1.88 bits per heavy atom. The van der Waals surface area contributed by atoms with Crippen LogP contribution in [-0.4, -0.2) is 53.3 Å². The van der Waals surface area contributed by atoms with E-state index in [0.717, 1.165) is 29.7 Å². The lowest BCUT2D eigenvalue weighted by atomic mass is 10.0. The van der Waals surface area contributed by atoms with Gasteiger partial charge in [0.05, 0.1) is 0 Å². The number of carbonyl (C=O) groups is 3. The van der Waals surface area contributed by atoms with Crippen LogP contribution >= 0.6 is 0 Å². The molecule has 0 radical (unpaired) electrons. The maximum Gasteiger partial charge on any atom is 0.327 e. The van der Waals surface area contributed by atoms with E-state index in [0.29, 0.717) is 12.5 Å². The highest BCUT2D eigenvalue weighted by Gasteiger charge is 2.44. The minimum absolute atomic E-state index is 0.110. The summed E-state index contributed by atoms with van der Waals surface area (Å²) in [5.74, 6) is -0.0750. The number of carbonyl (C=O) groups excluding carboxylic acids is 3. The van der Waals surface area contributed by atoms with E-state index in [1.54, 1.807) is 4.90 Å². The van der Waals surface area contributed by atoms with Crippen molar-refractivity contribution in [3.8, 4) is 0 Å². The van der Waals surface area contributed by atoms with E-state index in [9.17, 15) is 14.4 Å². The molecule has 1 saturated heterocycles. The van der Waals surface area contributed by atoms with Gasteiger partial charge in [-0.2, -0.15) is 0 Å². The van der Waals surface area contributed by atoms with Crippen molar-refractivity contribution in [1.29, 1.82) is 0 Å². The maximum absolute atomic E-state index is 12.2. The first-order valence-electron chi connectivity index (χ1n) is 8.92. The molecule has 1 saturated carbocycles. The average Bonchev–Trinajstić information content (AvgIpc) is 3.38. The van der Waals surface area contributed by atoms with Crippen molar-refractivity contribution in [2.24, 2.45) is 0 Å². The summed E-state index contributed by atoms with van der Waals surface area (Å²) in [5.41, 5.74) is 2.44. The summed E-state index contributed by atoms with van der Waals surface area (Å²) in [4.78, 5) is 38.8. The van der Waals surface area contributed by atoms with Gasteiger partial charge in [-0.3, -0.25) is 14.5 Å². The molecule has 1 N–H and O–H groups in total. The normalized spacial score (nSPS) is 17.6. The molecule has 1 aliphatic heterocycles. The fraction of sp³-hybridized carbons (Fsp3) is 0.526. The van der Waals surface area contributed by atoms with Crippen LogP contribution in [0.2, 0.25) is 0 Å². The molecule has 2 aliphatic rings. The number of nitrogens with one attached hydrogen (secondary N) is 1. The molecule has 1 aromatic rings. The molecular weight excluding hydrogens is 318 g/mol. The number of imide groups is 1. The van der Waals surface area contributed by atoms with E-state index in [1.165, 1.54) is 5.56 Å². The molecule has 2 fully saturated rings. The Hall–Kier alpha value is -2.37. The Labute approximate surface area is 148 Å². The van der Waals surface area contributed by atoms with Gasteiger partial charge < -0.3 is 10.2 Å². The Morgan fingerprint density at radius 1 is 1.20 bits per heavy atom. The number of amides is 4. The van der Waals surface area contributed by atoms with Gasteiger partial charge in [0, 0.05) is 12.6 Å². The zero-order valence-corrected chi connectivity index (χ0v) is 14.8. The smallest absolute Gasteiger partial charge is 0.327 e. The highest BCUT2D eigenvalue weighted by atomic mass is 16.2. The van der Waals surface area contributed by atoms with Crippen molar-refractivity contribution in [1.82, 2.24) is 15.1 Å². The number of hydrogen-bond donors (Lipinski definition) is 1. The molecule has 6 nitrogen and oxygen atoms in total. The lowest BCUT2D eigenvalue weighted by Crippen LogP contribution is -2.42. The minimum Gasteiger partial charge on any atom is -0.354 e. The third kappa shape index (κ3) is 4.18. The van der Waals surface area contributed by atoms with E-state index < -0.39 is 0 Å². The Morgan fingerprint density at radius 3 is 2.48 bits per heavy atom. The van der Waals surface area contributed by atoms with Crippen LogP contribution in [0.25, 0.3) is 0 Å². The topological polar surface area (TPSA) is 69.7 Å². The van der Waals surface area contributed by atoms with Crippen LogP contribution in [0.1, 0.15) is 43.7 Å². The van der Waals surface area contributed by atoms with Crippen LogP contribution in [0.3, 0.4) is 0 Å². The van der Waals surface area contributed by atoms with E-state index in [2.05, 4.69) is 43.4 Å². The molecule has 1 aromatic carbocycles. The van der Waals surface area contributed by atoms with Gasteiger partial charge in [-0.05, 0) is 36.3 Å². The van der Waals surface area contributed by atoms with Crippen molar-refractivity contribution in [3.63, 3.8) is 0 Å². The van der Waals surface area contributed by atoms with Gasteiger partial charge in [-0.15, -0.1) is 0 Å². The average molecular weight is 343 g/mol. The molecule has 0 bridgehead atoms. The maximum atomic E-state index is 12.2. The van der Waals surface area contributed by atoms with E-state index in [-0.39, 0.29) is 37.0 Å². The predicted octanol–water partition coefficient (Wildman–Crippen LogP) is 1.90. The summed E-state index contributed by atoms with van der Waals surface area (Å²) in [6.45, 7) is 4.72. The lowest BCUT2D eigenvalue weighted by Gasteiger charge is -2.16. The summed E-state index contributed by atoms with van der Waals surface area (Å²) in [6, 6.07) is 8.22. The van der Waals surface area contributed by atoms with Crippen molar-refractivity contribution >= 4 is 17.8 Å². The number of urea groups is 1. The quantitative estimate of drug-likeness (QED) is 0.769. The molecular formula is C19H25N3O3. The largest absolute Gasteiger partial charge is 0.354 e. The molecule has 0 aromatic heterocycles. The first kappa shape index (κ1) is 17.5. The molecule has 25 heavy (non-hydrogen) atoms. The molecule has 0 atom stereocenters. The fourth-order valence-electron chi connectivity index (χ4n) is 3.00. The molecule has 1 aliphatic carbocycles. The number of rotatable bonds is 7. The van der Waals surface area contributed by atoms with Gasteiger partial charge in [-0.25, -0.2) is 4.79 Å². The second kappa shape index (κ2) is 7.25. The summed E-state index contributed by atoms with van der Waals surface area (Å²) in [7, 11) is 0. The molecule has 6 heteroatoms. The second-order valence-corrected chi connectivity index (χ2v) is 7.12. The molecule has 0 spiro atoms. The highest BCUT2D eigenvalue weighted by molar-refractivity contribution is 6.04. The van der Waals surface area contributed by atoms with Crippen molar-refractivity contribution in [3.05, 3.63) is 35.4 Å². The standard InChI is InChI=1S/C19H25N3O3/c1-13(2)15-5-3-14(4-6-15)9-10-20-17(23)11-22-18(24)12-21(19(22)25)16-7-8-16/h3-6,13,16H,7-12H2,1-2H3,(H,20,23). The van der Waals surface area contributed by atoms with E-state index in [1.807, 2.05) is 0 Å². The van der Waals surface area contributed by atoms with Crippen LogP contribution < -0.4 is 5.32 Å². The van der Waals surface area contributed by atoms with Gasteiger partial charge in [0.2, 0.25) is 5.91 Å². The Balaban J connectivity index is 1.43. The van der Waals surface area contributed by atoms with Crippen LogP contribution in [0.4, 0.5) is 4.79 Å². The van der Waals surface area contributed by atoms with Gasteiger partial charge in [0.1, 0.15) is 13.1 Å². The fourth-order valence-corrected chi connectivity index (χ4v) is 3.00. The summed E-state index contributed by atoms with van der Waals surface area (Å²) < 4.78 is 0. The van der Waals surface area contributed by atoms with Crippen molar-refractivity contribution in [2.75, 3.05) is 19.6 Å². The monoisotopic (exact) mass is 343 g/mol. The first-order valence-corrected chi connectivity index (χ1v) is 8.92. The van der Waals surface area contributed by atoms with Gasteiger partial charge in [0.15, 0.2) is 0 Å². The van der Waals surface area contributed by atoms with Crippen LogP contribution in [0.5, 0.6) is 0 Å². The van der Waals surface area contributed by atoms with E-state index >= 15 is 0 Å². The number of nitrogens with zero attached hydrogens (tertiary/aromatic N) is 2. The zero-order chi connectivity index (χ0) is 18.0. The SMILES string of the molecule is CC(C)c1ccc(CCNC(=O)CN2C(=O)CN(C3CC3)C2=O)cc1. The highest BCUT2D eigenvalue weighted by Crippen LogP contribution is 2.30.